The second-order valence-electron chi connectivity index (χ2n) is 2.18. The maximum absolute atomic E-state index is 3.90. The van der Waals surface area contributed by atoms with Crippen molar-refractivity contribution in [1.29, 1.82) is 0 Å². The molecular weight excluding hydrogens is 188 g/mol. The highest BCUT2D eigenvalue weighted by atomic mass is 32.2. The Morgan fingerprint density at radius 1 is 1.38 bits per heavy atom. The fraction of sp³-hybridized carbons (Fsp3) is 0.167. The van der Waals surface area contributed by atoms with Gasteiger partial charge in [0.1, 0.15) is 5.03 Å². The predicted octanol–water partition coefficient (Wildman–Crippen LogP) is 0.282. The van der Waals surface area contributed by atoms with Crippen LogP contribution in [0.15, 0.2) is 23.4 Å². The topological polar surface area (TPSA) is 80.2 Å². The molecule has 0 radical (unpaired) electrons. The SMILES string of the molecule is c1cnnc(SCc2nn[nH]n2)c1. The molecule has 2 heterocycles. The highest BCUT2D eigenvalue weighted by Crippen LogP contribution is 2.16. The zero-order valence-electron chi connectivity index (χ0n) is 6.58. The van der Waals surface area contributed by atoms with Crippen LogP contribution in [-0.2, 0) is 5.75 Å². The van der Waals surface area contributed by atoms with Crippen molar-refractivity contribution in [3.05, 3.63) is 24.2 Å². The fourth-order valence-corrected chi connectivity index (χ4v) is 1.43. The van der Waals surface area contributed by atoms with Crippen LogP contribution in [0.3, 0.4) is 0 Å². The average molecular weight is 194 g/mol. The summed E-state index contributed by atoms with van der Waals surface area (Å²) in [6.07, 6.45) is 1.64. The summed E-state index contributed by atoms with van der Waals surface area (Å²) in [5.74, 6) is 1.31. The predicted molar refractivity (Wildman–Crippen MR) is 45.8 cm³/mol. The normalized spacial score (nSPS) is 10.2. The summed E-state index contributed by atoms with van der Waals surface area (Å²) in [6, 6.07) is 3.73. The lowest BCUT2D eigenvalue weighted by Crippen LogP contribution is -1.86. The number of H-pyrrole nitrogens is 1. The van der Waals surface area contributed by atoms with E-state index in [1.165, 1.54) is 11.8 Å². The van der Waals surface area contributed by atoms with Gasteiger partial charge in [-0.1, -0.05) is 17.0 Å². The smallest absolute Gasteiger partial charge is 0.177 e. The number of hydrogen-bond donors (Lipinski definition) is 1. The average Bonchev–Trinajstić information content (AvgIpc) is 2.69. The summed E-state index contributed by atoms with van der Waals surface area (Å²) in [7, 11) is 0. The molecule has 2 aromatic heterocycles. The zero-order chi connectivity index (χ0) is 8.93. The molecule has 0 fully saturated rings. The molecule has 0 aliphatic carbocycles. The van der Waals surface area contributed by atoms with Crippen LogP contribution in [0, 0.1) is 0 Å². The third-order valence-electron chi connectivity index (χ3n) is 1.29. The lowest BCUT2D eigenvalue weighted by Gasteiger charge is -1.93. The third kappa shape index (κ3) is 2.22. The Labute approximate surface area is 78.2 Å². The number of rotatable bonds is 3. The van der Waals surface area contributed by atoms with Crippen molar-refractivity contribution >= 4 is 11.8 Å². The first kappa shape index (κ1) is 8.11. The van der Waals surface area contributed by atoms with Gasteiger partial charge in [0.15, 0.2) is 5.82 Å². The van der Waals surface area contributed by atoms with Gasteiger partial charge in [0.25, 0.3) is 0 Å². The zero-order valence-corrected chi connectivity index (χ0v) is 7.40. The Bertz CT molecular complexity index is 347. The summed E-state index contributed by atoms with van der Waals surface area (Å²) < 4.78 is 0. The molecule has 0 unspecified atom stereocenters. The highest BCUT2D eigenvalue weighted by Gasteiger charge is 2.00. The van der Waals surface area contributed by atoms with E-state index >= 15 is 0 Å². The molecule has 0 aliphatic heterocycles. The van der Waals surface area contributed by atoms with E-state index in [1.807, 2.05) is 12.1 Å². The summed E-state index contributed by atoms with van der Waals surface area (Å²) in [4.78, 5) is 0. The van der Waals surface area contributed by atoms with E-state index in [2.05, 4.69) is 30.8 Å². The first-order valence-electron chi connectivity index (χ1n) is 3.58. The van der Waals surface area contributed by atoms with E-state index in [4.69, 9.17) is 0 Å². The lowest BCUT2D eigenvalue weighted by molar-refractivity contribution is 0.881. The van der Waals surface area contributed by atoms with Gasteiger partial charge in [-0.2, -0.15) is 10.3 Å². The molecule has 13 heavy (non-hydrogen) atoms. The van der Waals surface area contributed by atoms with Crippen LogP contribution in [0.1, 0.15) is 5.82 Å². The maximum atomic E-state index is 3.90. The Balaban J connectivity index is 1.94. The third-order valence-corrected chi connectivity index (χ3v) is 2.20. The van der Waals surface area contributed by atoms with Crippen LogP contribution >= 0.6 is 11.8 Å². The molecule has 0 saturated heterocycles. The molecule has 0 amide bonds. The van der Waals surface area contributed by atoms with Crippen LogP contribution in [0.4, 0.5) is 0 Å². The quantitative estimate of drug-likeness (QED) is 0.707. The number of hydrogen-bond acceptors (Lipinski definition) is 6. The number of nitrogens with one attached hydrogen (secondary N) is 1. The van der Waals surface area contributed by atoms with E-state index in [1.54, 1.807) is 6.20 Å². The molecular formula is C6H6N6S. The number of aromatic nitrogens is 6. The lowest BCUT2D eigenvalue weighted by atomic mass is 10.6. The van der Waals surface area contributed by atoms with Gasteiger partial charge in [0.2, 0.25) is 0 Å². The van der Waals surface area contributed by atoms with E-state index in [9.17, 15) is 0 Å². The van der Waals surface area contributed by atoms with Crippen molar-refractivity contribution in [2.75, 3.05) is 0 Å². The molecule has 6 nitrogen and oxygen atoms in total. The van der Waals surface area contributed by atoms with Gasteiger partial charge in [-0.25, -0.2) is 0 Å². The van der Waals surface area contributed by atoms with Crippen molar-refractivity contribution in [3.8, 4) is 0 Å². The Kier molecular flexibility index (Phi) is 2.46. The Morgan fingerprint density at radius 3 is 3.08 bits per heavy atom. The summed E-state index contributed by atoms with van der Waals surface area (Å²) in [5.41, 5.74) is 0. The van der Waals surface area contributed by atoms with Crippen molar-refractivity contribution in [1.82, 2.24) is 30.8 Å². The minimum absolute atomic E-state index is 0.648. The summed E-state index contributed by atoms with van der Waals surface area (Å²) in [5, 5.41) is 22.0. The van der Waals surface area contributed by atoms with Crippen molar-refractivity contribution in [2.24, 2.45) is 0 Å². The van der Waals surface area contributed by atoms with Gasteiger partial charge in [-0.15, -0.1) is 15.3 Å². The number of nitrogens with zero attached hydrogens (tertiary/aromatic N) is 5. The van der Waals surface area contributed by atoms with Crippen molar-refractivity contribution < 1.29 is 0 Å². The molecule has 0 spiro atoms. The molecule has 0 atom stereocenters. The molecule has 2 aromatic rings. The highest BCUT2D eigenvalue weighted by molar-refractivity contribution is 7.98. The number of aromatic amines is 1. The minimum atomic E-state index is 0.648. The van der Waals surface area contributed by atoms with Gasteiger partial charge < -0.3 is 0 Å². The Hall–Kier alpha value is -1.50. The molecule has 0 aromatic carbocycles. The second kappa shape index (κ2) is 3.94. The standard InChI is InChI=1S/C6H6N6S/c1-2-6(10-7-3-1)13-4-5-8-11-12-9-5/h1-3H,4H2,(H,8,9,11,12). The number of tetrazole rings is 1. The first-order chi connectivity index (χ1) is 6.45. The molecule has 1 N–H and O–H groups in total. The van der Waals surface area contributed by atoms with Crippen LogP contribution in [-0.4, -0.2) is 30.8 Å². The first-order valence-corrected chi connectivity index (χ1v) is 4.56. The van der Waals surface area contributed by atoms with Crippen LogP contribution < -0.4 is 0 Å². The van der Waals surface area contributed by atoms with Gasteiger partial charge in [-0.3, -0.25) is 0 Å². The van der Waals surface area contributed by atoms with E-state index < -0.39 is 0 Å². The molecule has 2 rings (SSSR count). The van der Waals surface area contributed by atoms with E-state index in [-0.39, 0.29) is 0 Å². The maximum Gasteiger partial charge on any atom is 0.184 e. The van der Waals surface area contributed by atoms with Gasteiger partial charge in [0, 0.05) is 6.20 Å². The van der Waals surface area contributed by atoms with Crippen LogP contribution in [0.5, 0.6) is 0 Å². The van der Waals surface area contributed by atoms with E-state index in [0.29, 0.717) is 11.6 Å². The molecule has 7 heteroatoms. The van der Waals surface area contributed by atoms with Crippen LogP contribution in [0.25, 0.3) is 0 Å². The molecule has 0 bridgehead atoms. The van der Waals surface area contributed by atoms with E-state index in [0.717, 1.165) is 5.03 Å². The molecule has 66 valence electrons. The number of thioether (sulfide) groups is 1. The van der Waals surface area contributed by atoms with Crippen molar-refractivity contribution in [2.45, 2.75) is 10.8 Å². The van der Waals surface area contributed by atoms with Crippen molar-refractivity contribution in [3.63, 3.8) is 0 Å². The summed E-state index contributed by atoms with van der Waals surface area (Å²) >= 11 is 1.52. The second-order valence-corrected chi connectivity index (χ2v) is 3.17. The summed E-state index contributed by atoms with van der Waals surface area (Å²) in [6.45, 7) is 0. The van der Waals surface area contributed by atoms with Gasteiger partial charge in [-0.05, 0) is 12.1 Å². The Morgan fingerprint density at radius 2 is 2.38 bits per heavy atom. The molecule has 0 saturated carbocycles. The van der Waals surface area contributed by atoms with Gasteiger partial charge >= 0.3 is 0 Å². The fourth-order valence-electron chi connectivity index (χ4n) is 0.747. The van der Waals surface area contributed by atoms with Crippen LogP contribution in [0.2, 0.25) is 0 Å². The molecule has 0 aliphatic rings. The van der Waals surface area contributed by atoms with Gasteiger partial charge in [0.05, 0.1) is 5.75 Å². The largest absolute Gasteiger partial charge is 0.184 e. The monoisotopic (exact) mass is 194 g/mol. The minimum Gasteiger partial charge on any atom is -0.177 e.